The van der Waals surface area contributed by atoms with Crippen molar-refractivity contribution in [2.45, 2.75) is 13.1 Å². The molecule has 10 heteroatoms. The van der Waals surface area contributed by atoms with E-state index in [0.717, 1.165) is 19.2 Å². The number of alkyl halides is 3. The number of hydrogen-bond acceptors (Lipinski definition) is 5. The fourth-order valence-electron chi connectivity index (χ4n) is 3.13. The molecular formula is C16H16F4N6. The highest BCUT2D eigenvalue weighted by Gasteiger charge is 2.33. The van der Waals surface area contributed by atoms with Crippen molar-refractivity contribution < 1.29 is 17.6 Å². The molecule has 6 nitrogen and oxygen atoms in total. The van der Waals surface area contributed by atoms with Crippen LogP contribution in [0.25, 0.3) is 16.6 Å². The molecule has 3 aromatic rings. The fraction of sp³-hybridized carbons (Fsp3) is 0.438. The van der Waals surface area contributed by atoms with Crippen LogP contribution in [0.5, 0.6) is 0 Å². The van der Waals surface area contributed by atoms with Gasteiger partial charge in [0, 0.05) is 31.6 Å². The average Bonchev–Trinajstić information content (AvgIpc) is 2.96. The monoisotopic (exact) mass is 368 g/mol. The van der Waals surface area contributed by atoms with E-state index in [1.807, 2.05) is 11.9 Å². The molecule has 1 saturated heterocycles. The molecule has 26 heavy (non-hydrogen) atoms. The van der Waals surface area contributed by atoms with E-state index >= 15 is 0 Å². The van der Waals surface area contributed by atoms with E-state index in [0.29, 0.717) is 30.9 Å². The lowest BCUT2D eigenvalue weighted by molar-refractivity contribution is -0.137. The van der Waals surface area contributed by atoms with Gasteiger partial charge in [-0.25, -0.2) is 14.4 Å². The SMILES string of the molecule is Cc1nc2c3cc(C(F)(F)F)cc(F)c3nc(N3CCN(C)CC3)n2n1. The average molecular weight is 368 g/mol. The van der Waals surface area contributed by atoms with Gasteiger partial charge in [0.15, 0.2) is 5.65 Å². The number of nitrogens with zero attached hydrogens (tertiary/aromatic N) is 6. The van der Waals surface area contributed by atoms with Crippen LogP contribution in [0.3, 0.4) is 0 Å². The van der Waals surface area contributed by atoms with Crippen molar-refractivity contribution in [1.29, 1.82) is 0 Å². The van der Waals surface area contributed by atoms with E-state index < -0.39 is 17.6 Å². The summed E-state index contributed by atoms with van der Waals surface area (Å²) in [6.07, 6.45) is -4.66. The molecule has 1 fully saturated rings. The standard InChI is InChI=1S/C16H16F4N6/c1-9-21-14-11-7-10(16(18,19)20)8-12(17)13(11)22-15(26(14)23-9)25-5-3-24(2)4-6-25/h7-8H,3-6H2,1-2H3. The van der Waals surface area contributed by atoms with Gasteiger partial charge >= 0.3 is 6.18 Å². The number of halogens is 4. The largest absolute Gasteiger partial charge is 0.416 e. The molecule has 0 atom stereocenters. The van der Waals surface area contributed by atoms with Crippen molar-refractivity contribution in [3.8, 4) is 0 Å². The summed E-state index contributed by atoms with van der Waals surface area (Å²) in [7, 11) is 2.00. The molecule has 2 aromatic heterocycles. The Hall–Kier alpha value is -2.49. The molecule has 1 aromatic carbocycles. The highest BCUT2D eigenvalue weighted by molar-refractivity contribution is 5.93. The summed E-state index contributed by atoms with van der Waals surface area (Å²) in [6, 6.07) is 1.35. The topological polar surface area (TPSA) is 49.6 Å². The normalized spacial score (nSPS) is 16.8. The summed E-state index contributed by atoms with van der Waals surface area (Å²) in [5.74, 6) is -0.249. The maximum absolute atomic E-state index is 14.5. The van der Waals surface area contributed by atoms with Crippen LogP contribution in [0.1, 0.15) is 11.4 Å². The number of aryl methyl sites for hydroxylation is 1. The maximum Gasteiger partial charge on any atom is 0.416 e. The summed E-state index contributed by atoms with van der Waals surface area (Å²) < 4.78 is 55.1. The molecule has 0 N–H and O–H groups in total. The van der Waals surface area contributed by atoms with Gasteiger partial charge in [-0.1, -0.05) is 0 Å². The van der Waals surface area contributed by atoms with Crippen LogP contribution in [0.2, 0.25) is 0 Å². The van der Waals surface area contributed by atoms with Crippen LogP contribution in [0.15, 0.2) is 12.1 Å². The van der Waals surface area contributed by atoms with E-state index in [1.54, 1.807) is 6.92 Å². The van der Waals surface area contributed by atoms with Gasteiger partial charge in [0.05, 0.1) is 5.56 Å². The zero-order valence-corrected chi connectivity index (χ0v) is 14.2. The van der Waals surface area contributed by atoms with Gasteiger partial charge < -0.3 is 9.80 Å². The zero-order chi connectivity index (χ0) is 18.6. The second kappa shape index (κ2) is 5.76. The molecule has 0 amide bonds. The lowest BCUT2D eigenvalue weighted by Gasteiger charge is -2.33. The number of hydrogen-bond donors (Lipinski definition) is 0. The molecule has 0 spiro atoms. The van der Waals surface area contributed by atoms with Gasteiger partial charge in [0.25, 0.3) is 0 Å². The number of piperazine rings is 1. The summed E-state index contributed by atoms with van der Waals surface area (Å²) in [5.41, 5.74) is -1.03. The molecular weight excluding hydrogens is 352 g/mol. The molecule has 0 bridgehead atoms. The van der Waals surface area contributed by atoms with Crippen molar-refractivity contribution >= 4 is 22.5 Å². The van der Waals surface area contributed by atoms with Crippen molar-refractivity contribution in [3.05, 3.63) is 29.3 Å². The minimum absolute atomic E-state index is 0.00389. The second-order valence-corrected chi connectivity index (χ2v) is 6.45. The number of rotatable bonds is 1. The lowest BCUT2D eigenvalue weighted by atomic mass is 10.1. The Morgan fingerprint density at radius 3 is 2.38 bits per heavy atom. The van der Waals surface area contributed by atoms with E-state index in [9.17, 15) is 17.6 Å². The smallest absolute Gasteiger partial charge is 0.338 e. The predicted octanol–water partition coefficient (Wildman–Crippen LogP) is 2.50. The quantitative estimate of drug-likeness (QED) is 0.618. The Morgan fingerprint density at radius 1 is 1.04 bits per heavy atom. The van der Waals surface area contributed by atoms with Gasteiger partial charge in [-0.05, 0) is 26.1 Å². The Balaban J connectivity index is 1.98. The summed E-state index contributed by atoms with van der Waals surface area (Å²) in [6.45, 7) is 4.54. The first kappa shape index (κ1) is 17.0. The number of aromatic nitrogens is 4. The first-order chi connectivity index (χ1) is 12.2. The van der Waals surface area contributed by atoms with Gasteiger partial charge in [0.1, 0.15) is 17.2 Å². The van der Waals surface area contributed by atoms with Gasteiger partial charge in [-0.3, -0.25) is 0 Å². The second-order valence-electron chi connectivity index (χ2n) is 6.45. The molecule has 1 aliphatic heterocycles. The Morgan fingerprint density at radius 2 is 1.73 bits per heavy atom. The Labute approximate surface area is 146 Å². The molecule has 0 saturated carbocycles. The third-order valence-corrected chi connectivity index (χ3v) is 4.53. The zero-order valence-electron chi connectivity index (χ0n) is 14.2. The van der Waals surface area contributed by atoms with Crippen LogP contribution in [0, 0.1) is 12.7 Å². The third kappa shape index (κ3) is 2.74. The highest BCUT2D eigenvalue weighted by atomic mass is 19.4. The molecule has 0 unspecified atom stereocenters. The molecule has 3 heterocycles. The van der Waals surface area contributed by atoms with Crippen molar-refractivity contribution in [2.75, 3.05) is 38.1 Å². The van der Waals surface area contributed by atoms with Gasteiger partial charge in [-0.15, -0.1) is 5.10 Å². The Bertz CT molecular complexity index is 988. The van der Waals surface area contributed by atoms with Crippen molar-refractivity contribution in [1.82, 2.24) is 24.5 Å². The van der Waals surface area contributed by atoms with Crippen molar-refractivity contribution in [2.24, 2.45) is 0 Å². The molecule has 0 radical (unpaired) electrons. The summed E-state index contributed by atoms with van der Waals surface area (Å²) in [4.78, 5) is 12.6. The first-order valence-corrected chi connectivity index (χ1v) is 8.11. The van der Waals surface area contributed by atoms with E-state index in [2.05, 4.69) is 20.0 Å². The number of fused-ring (bicyclic) bond motifs is 3. The predicted molar refractivity (Wildman–Crippen MR) is 87.7 cm³/mol. The summed E-state index contributed by atoms with van der Waals surface area (Å²) in [5, 5.41) is 4.26. The molecule has 4 rings (SSSR count). The third-order valence-electron chi connectivity index (χ3n) is 4.53. The van der Waals surface area contributed by atoms with E-state index in [1.165, 1.54) is 4.52 Å². The Kier molecular flexibility index (Phi) is 3.76. The number of benzene rings is 1. The van der Waals surface area contributed by atoms with Gasteiger partial charge in [-0.2, -0.15) is 17.7 Å². The first-order valence-electron chi connectivity index (χ1n) is 8.11. The van der Waals surface area contributed by atoms with Crippen LogP contribution in [-0.2, 0) is 6.18 Å². The van der Waals surface area contributed by atoms with E-state index in [-0.39, 0.29) is 16.6 Å². The molecule has 0 aliphatic carbocycles. The lowest BCUT2D eigenvalue weighted by Crippen LogP contribution is -2.45. The fourth-order valence-corrected chi connectivity index (χ4v) is 3.13. The van der Waals surface area contributed by atoms with Crippen LogP contribution in [-0.4, -0.2) is 57.7 Å². The van der Waals surface area contributed by atoms with Crippen LogP contribution < -0.4 is 4.90 Å². The summed E-state index contributed by atoms with van der Waals surface area (Å²) >= 11 is 0. The van der Waals surface area contributed by atoms with Crippen LogP contribution in [0.4, 0.5) is 23.5 Å². The maximum atomic E-state index is 14.5. The molecule has 138 valence electrons. The minimum Gasteiger partial charge on any atom is -0.338 e. The minimum atomic E-state index is -4.66. The van der Waals surface area contributed by atoms with Gasteiger partial charge in [0.2, 0.25) is 5.95 Å². The van der Waals surface area contributed by atoms with E-state index in [4.69, 9.17) is 0 Å². The number of anilines is 1. The number of likely N-dealkylation sites (N-methyl/N-ethyl adjacent to an activating group) is 1. The highest BCUT2D eigenvalue weighted by Crippen LogP contribution is 2.34. The molecule has 1 aliphatic rings. The van der Waals surface area contributed by atoms with Crippen LogP contribution >= 0.6 is 0 Å². The van der Waals surface area contributed by atoms with Crippen molar-refractivity contribution in [3.63, 3.8) is 0 Å².